The highest BCUT2D eigenvalue weighted by Gasteiger charge is 2.30. The lowest BCUT2D eigenvalue weighted by atomic mass is 10.0. The number of pyridine rings is 1. The third kappa shape index (κ3) is 6.01. The van der Waals surface area contributed by atoms with Gasteiger partial charge in [-0.25, -0.2) is 4.98 Å². The Morgan fingerprint density at radius 2 is 1.74 bits per heavy atom. The van der Waals surface area contributed by atoms with Crippen molar-refractivity contribution in [2.75, 3.05) is 25.0 Å². The van der Waals surface area contributed by atoms with Crippen LogP contribution in [0.3, 0.4) is 0 Å². The molecule has 2 aromatic carbocycles. The smallest absolute Gasteiger partial charge is 0.352 e. The van der Waals surface area contributed by atoms with Crippen molar-refractivity contribution in [3.8, 4) is 17.1 Å². The summed E-state index contributed by atoms with van der Waals surface area (Å²) in [7, 11) is 0. The molecule has 0 amide bonds. The molecule has 2 aliphatic heterocycles. The lowest BCUT2D eigenvalue weighted by molar-refractivity contribution is -0.137. The second-order valence-corrected chi connectivity index (χ2v) is 11.3. The lowest BCUT2D eigenvalue weighted by Gasteiger charge is -2.31. The van der Waals surface area contributed by atoms with E-state index >= 15 is 0 Å². The Bertz CT molecular complexity index is 1700. The number of nitrogens with zero attached hydrogens (tertiary/aromatic N) is 5. The van der Waals surface area contributed by atoms with Crippen LogP contribution in [-0.2, 0) is 6.18 Å². The van der Waals surface area contributed by atoms with Gasteiger partial charge >= 0.3 is 6.18 Å². The van der Waals surface area contributed by atoms with Gasteiger partial charge in [-0.2, -0.15) is 13.2 Å². The monoisotopic (exact) mass is 570 g/mol. The predicted molar refractivity (Wildman–Crippen MR) is 160 cm³/mol. The molecule has 1 N–H and O–H groups in total. The summed E-state index contributed by atoms with van der Waals surface area (Å²) in [5, 5.41) is 4.26. The minimum atomic E-state index is -4.41. The zero-order valence-corrected chi connectivity index (χ0v) is 23.6. The summed E-state index contributed by atoms with van der Waals surface area (Å²) in [5.74, 6) is 0.622. The van der Waals surface area contributed by atoms with E-state index < -0.39 is 11.7 Å². The van der Waals surface area contributed by atoms with Crippen LogP contribution in [0.25, 0.3) is 28.1 Å². The number of anilines is 2. The highest BCUT2D eigenvalue weighted by Crippen LogP contribution is 2.33. The third-order valence-corrected chi connectivity index (χ3v) is 7.59. The zero-order valence-electron chi connectivity index (χ0n) is 23.6. The molecule has 0 unspecified atom stereocenters. The molecule has 9 heteroatoms. The minimum Gasteiger partial charge on any atom is -0.352 e. The van der Waals surface area contributed by atoms with Gasteiger partial charge in [-0.3, -0.25) is 9.98 Å². The van der Waals surface area contributed by atoms with Crippen LogP contribution in [0.2, 0.25) is 0 Å². The fourth-order valence-corrected chi connectivity index (χ4v) is 5.66. The Hall–Kier alpha value is -4.24. The largest absolute Gasteiger partial charge is 0.416 e. The van der Waals surface area contributed by atoms with Gasteiger partial charge in [0, 0.05) is 31.5 Å². The molecule has 0 radical (unpaired) electrons. The van der Waals surface area contributed by atoms with Gasteiger partial charge in [0.15, 0.2) is 0 Å². The second-order valence-electron chi connectivity index (χ2n) is 11.3. The zero-order chi connectivity index (χ0) is 29.3. The van der Waals surface area contributed by atoms with Crippen LogP contribution in [0.5, 0.6) is 0 Å². The van der Waals surface area contributed by atoms with Crippen LogP contribution in [0.4, 0.5) is 24.5 Å². The molecule has 3 aliphatic rings. The van der Waals surface area contributed by atoms with E-state index in [9.17, 15) is 13.2 Å². The number of alkyl halides is 3. The van der Waals surface area contributed by atoms with Crippen LogP contribution >= 0.6 is 0 Å². The van der Waals surface area contributed by atoms with Gasteiger partial charge in [-0.1, -0.05) is 26.0 Å². The van der Waals surface area contributed by atoms with E-state index in [4.69, 9.17) is 9.98 Å². The average molecular weight is 571 g/mol. The van der Waals surface area contributed by atoms with E-state index in [2.05, 4.69) is 29.0 Å². The topological polar surface area (TPSA) is 58.3 Å². The molecule has 6 rings (SSSR count). The van der Waals surface area contributed by atoms with Crippen LogP contribution in [0.1, 0.15) is 32.3 Å². The number of fused-ring (bicyclic) bond motifs is 2. The van der Waals surface area contributed by atoms with Gasteiger partial charge in [-0.15, -0.1) is 0 Å². The molecule has 1 fully saturated rings. The van der Waals surface area contributed by atoms with Crippen molar-refractivity contribution >= 4 is 22.4 Å². The highest BCUT2D eigenvalue weighted by molar-refractivity contribution is 5.84. The summed E-state index contributed by atoms with van der Waals surface area (Å²) in [6.45, 7) is 7.58. The van der Waals surface area contributed by atoms with E-state index in [1.165, 1.54) is 12.1 Å². The number of likely N-dealkylation sites (tertiary alicyclic amines) is 1. The second kappa shape index (κ2) is 11.6. The molecule has 3 heterocycles. The molecule has 0 bridgehead atoms. The average Bonchev–Trinajstić information content (AvgIpc) is 2.97. The van der Waals surface area contributed by atoms with Gasteiger partial charge in [0.2, 0.25) is 0 Å². The highest BCUT2D eigenvalue weighted by atomic mass is 19.4. The first kappa shape index (κ1) is 27.9. The fourth-order valence-electron chi connectivity index (χ4n) is 5.66. The van der Waals surface area contributed by atoms with E-state index in [0.717, 1.165) is 78.1 Å². The third-order valence-electron chi connectivity index (χ3n) is 7.59. The van der Waals surface area contributed by atoms with Crippen molar-refractivity contribution in [3.63, 3.8) is 0 Å². The Labute approximate surface area is 242 Å². The van der Waals surface area contributed by atoms with Crippen molar-refractivity contribution in [1.82, 2.24) is 19.4 Å². The fraction of sp³-hybridized carbons (Fsp3) is 0.303. The molecule has 3 aromatic rings. The van der Waals surface area contributed by atoms with Crippen molar-refractivity contribution in [3.05, 3.63) is 96.1 Å². The van der Waals surface area contributed by atoms with Crippen molar-refractivity contribution in [2.24, 2.45) is 10.9 Å². The summed E-state index contributed by atoms with van der Waals surface area (Å²) >= 11 is 0. The van der Waals surface area contributed by atoms with E-state index in [1.54, 1.807) is 12.4 Å². The van der Waals surface area contributed by atoms with Gasteiger partial charge in [0.05, 0.1) is 57.0 Å². The first-order valence-corrected chi connectivity index (χ1v) is 14.3. The number of piperidine rings is 1. The maximum Gasteiger partial charge on any atom is 0.416 e. The summed E-state index contributed by atoms with van der Waals surface area (Å²) in [5.41, 5.74) is 4.57. The van der Waals surface area contributed by atoms with Crippen LogP contribution in [0, 0.1) is 5.92 Å². The van der Waals surface area contributed by atoms with Crippen molar-refractivity contribution in [1.29, 1.82) is 0 Å². The number of hydrogen-bond acceptors (Lipinski definition) is 5. The summed E-state index contributed by atoms with van der Waals surface area (Å²) in [4.78, 5) is 16.9. The van der Waals surface area contributed by atoms with Crippen molar-refractivity contribution < 1.29 is 13.2 Å². The SMILES string of the molecule is CC(C)CN1CCC(N=c2cc3n(-c4ccc(C(F)(F)F)cc4)c4ccccc4nc-3cc2Nc2cccnc2)CC1. The number of para-hydroxylation sites is 2. The maximum absolute atomic E-state index is 13.4. The van der Waals surface area contributed by atoms with Gasteiger partial charge in [0.25, 0.3) is 0 Å². The molecular formula is C33H33F3N6. The number of benzene rings is 3. The summed E-state index contributed by atoms with van der Waals surface area (Å²) in [6.07, 6.45) is 1.00. The summed E-state index contributed by atoms with van der Waals surface area (Å²) in [6, 6.07) is 20.9. The number of halogens is 3. The van der Waals surface area contributed by atoms with E-state index in [0.29, 0.717) is 17.3 Å². The first-order valence-electron chi connectivity index (χ1n) is 14.3. The molecule has 0 spiro atoms. The number of rotatable bonds is 6. The number of hydrogen-bond donors (Lipinski definition) is 1. The Morgan fingerprint density at radius 1 is 0.976 bits per heavy atom. The molecule has 1 saturated heterocycles. The van der Waals surface area contributed by atoms with E-state index in [1.807, 2.05) is 53.1 Å². The molecule has 0 saturated carbocycles. The minimum absolute atomic E-state index is 0.160. The Balaban J connectivity index is 1.51. The standard InChI is InChI=1S/C33H33F3N6/c1-22(2)21-41-16-13-24(14-17-41)38-29-19-32-30(18-28(29)39-25-6-5-15-37-20-25)40-27-7-3-4-8-31(27)42(32)26-11-9-23(10-12-26)33(34,35)36/h3-12,15,18-20,22,24,39H,13-14,16-17,21H2,1-2H3. The molecule has 42 heavy (non-hydrogen) atoms. The molecular weight excluding hydrogens is 537 g/mol. The quantitative estimate of drug-likeness (QED) is 0.218. The number of aromatic nitrogens is 3. The Morgan fingerprint density at radius 3 is 2.43 bits per heavy atom. The van der Waals surface area contributed by atoms with Crippen molar-refractivity contribution in [2.45, 2.75) is 38.9 Å². The molecule has 0 atom stereocenters. The van der Waals surface area contributed by atoms with Gasteiger partial charge < -0.3 is 14.8 Å². The van der Waals surface area contributed by atoms with Crippen LogP contribution in [-0.4, -0.2) is 45.1 Å². The van der Waals surface area contributed by atoms with Crippen LogP contribution in [0.15, 0.2) is 90.2 Å². The van der Waals surface area contributed by atoms with Crippen LogP contribution < -0.4 is 10.7 Å². The maximum atomic E-state index is 13.4. The van der Waals surface area contributed by atoms with Gasteiger partial charge in [-0.05, 0) is 79.4 Å². The number of nitrogens with one attached hydrogen (secondary N) is 1. The van der Waals surface area contributed by atoms with E-state index in [-0.39, 0.29) is 6.04 Å². The lowest BCUT2D eigenvalue weighted by Crippen LogP contribution is -2.38. The van der Waals surface area contributed by atoms with Gasteiger partial charge in [0.1, 0.15) is 0 Å². The molecule has 216 valence electrons. The molecule has 6 nitrogen and oxygen atoms in total. The predicted octanol–water partition coefficient (Wildman–Crippen LogP) is 7.31. The normalized spacial score (nSPS) is 15.6. The summed E-state index contributed by atoms with van der Waals surface area (Å²) < 4.78 is 42.1. The molecule has 1 aromatic heterocycles. The molecule has 1 aliphatic carbocycles. The first-order chi connectivity index (χ1) is 20.2. The Kier molecular flexibility index (Phi) is 7.68.